The fourth-order valence-corrected chi connectivity index (χ4v) is 3.99. The van der Waals surface area contributed by atoms with Gasteiger partial charge < -0.3 is 15.8 Å². The Morgan fingerprint density at radius 3 is 2.79 bits per heavy atom. The number of ether oxygens (including phenoxy) is 1. The van der Waals surface area contributed by atoms with Gasteiger partial charge in [0.1, 0.15) is 5.54 Å². The fraction of sp³-hybridized carbons (Fsp3) is 0.933. The predicted molar refractivity (Wildman–Crippen MR) is 73.5 cm³/mol. The minimum absolute atomic E-state index is 0.0278. The van der Waals surface area contributed by atoms with Crippen LogP contribution in [0, 0.1) is 17.3 Å². The van der Waals surface area contributed by atoms with E-state index in [0.717, 1.165) is 31.9 Å². The lowest BCUT2D eigenvalue weighted by molar-refractivity contribution is -0.175. The molecule has 3 atom stereocenters. The van der Waals surface area contributed by atoms with Crippen molar-refractivity contribution in [1.29, 1.82) is 0 Å². The van der Waals surface area contributed by atoms with E-state index in [0.29, 0.717) is 0 Å². The zero-order valence-corrected chi connectivity index (χ0v) is 12.1. The molecule has 0 aromatic heterocycles. The van der Waals surface area contributed by atoms with Crippen molar-refractivity contribution in [2.24, 2.45) is 23.0 Å². The average molecular weight is 266 g/mol. The van der Waals surface area contributed by atoms with E-state index < -0.39 is 5.54 Å². The summed E-state index contributed by atoms with van der Waals surface area (Å²) in [5.74, 6) is 1.16. The molecule has 0 radical (unpaired) electrons. The molecular weight excluding hydrogens is 240 g/mol. The van der Waals surface area contributed by atoms with Crippen molar-refractivity contribution in [3.63, 3.8) is 0 Å². The molecule has 4 heteroatoms. The van der Waals surface area contributed by atoms with Crippen LogP contribution >= 0.6 is 0 Å². The minimum Gasteiger partial charge on any atom is -0.377 e. The van der Waals surface area contributed by atoms with Gasteiger partial charge in [-0.15, -0.1) is 0 Å². The SMILES string of the molecule is CC1(C)C2OCCC2C1(N)C(=O)NCCCC1CC1. The van der Waals surface area contributed by atoms with Crippen LogP contribution < -0.4 is 11.1 Å². The van der Waals surface area contributed by atoms with E-state index in [9.17, 15) is 4.79 Å². The van der Waals surface area contributed by atoms with Gasteiger partial charge in [0.2, 0.25) is 5.91 Å². The summed E-state index contributed by atoms with van der Waals surface area (Å²) in [5, 5.41) is 3.06. The fourth-order valence-electron chi connectivity index (χ4n) is 3.99. The molecule has 4 nitrogen and oxygen atoms in total. The van der Waals surface area contributed by atoms with E-state index in [2.05, 4.69) is 19.2 Å². The van der Waals surface area contributed by atoms with Crippen molar-refractivity contribution < 1.29 is 9.53 Å². The van der Waals surface area contributed by atoms with Crippen molar-refractivity contribution >= 4 is 5.91 Å². The Morgan fingerprint density at radius 1 is 1.37 bits per heavy atom. The lowest BCUT2D eigenvalue weighted by Gasteiger charge is -2.60. The van der Waals surface area contributed by atoms with Gasteiger partial charge in [0, 0.05) is 24.5 Å². The van der Waals surface area contributed by atoms with Crippen LogP contribution in [0.3, 0.4) is 0 Å². The van der Waals surface area contributed by atoms with Crippen molar-refractivity contribution in [3.8, 4) is 0 Å². The van der Waals surface area contributed by atoms with Gasteiger partial charge >= 0.3 is 0 Å². The standard InChI is InChI=1S/C15H26N2O2/c1-14(2)12-11(7-9-19-12)15(14,16)13(18)17-8-3-4-10-5-6-10/h10-12H,3-9,16H2,1-2H3,(H,17,18). The monoisotopic (exact) mass is 266 g/mol. The maximum atomic E-state index is 12.5. The number of hydrogen-bond donors (Lipinski definition) is 2. The Balaban J connectivity index is 1.55. The number of amides is 1. The summed E-state index contributed by atoms with van der Waals surface area (Å²) in [7, 11) is 0. The maximum absolute atomic E-state index is 12.5. The van der Waals surface area contributed by atoms with Gasteiger partial charge in [-0.05, 0) is 25.2 Å². The van der Waals surface area contributed by atoms with Gasteiger partial charge in [-0.25, -0.2) is 0 Å². The molecule has 19 heavy (non-hydrogen) atoms. The Kier molecular flexibility index (Phi) is 3.13. The van der Waals surface area contributed by atoms with Gasteiger partial charge in [0.05, 0.1) is 6.10 Å². The van der Waals surface area contributed by atoms with Crippen molar-refractivity contribution in [3.05, 3.63) is 0 Å². The van der Waals surface area contributed by atoms with E-state index in [4.69, 9.17) is 10.5 Å². The highest BCUT2D eigenvalue weighted by atomic mass is 16.5. The summed E-state index contributed by atoms with van der Waals surface area (Å²) in [6.07, 6.45) is 6.16. The molecule has 0 bridgehead atoms. The minimum atomic E-state index is -0.742. The summed E-state index contributed by atoms with van der Waals surface area (Å²) in [6.45, 7) is 5.63. The van der Waals surface area contributed by atoms with Crippen LogP contribution in [-0.2, 0) is 9.53 Å². The maximum Gasteiger partial charge on any atom is 0.241 e. The van der Waals surface area contributed by atoms with E-state index >= 15 is 0 Å². The third-order valence-electron chi connectivity index (χ3n) is 5.60. The summed E-state index contributed by atoms with van der Waals surface area (Å²) in [6, 6.07) is 0. The van der Waals surface area contributed by atoms with Crippen LogP contribution in [0.15, 0.2) is 0 Å². The molecule has 1 heterocycles. The first-order chi connectivity index (χ1) is 8.98. The first-order valence-corrected chi connectivity index (χ1v) is 7.66. The van der Waals surface area contributed by atoms with Crippen molar-refractivity contribution in [2.75, 3.05) is 13.2 Å². The van der Waals surface area contributed by atoms with Crippen LogP contribution in [0.2, 0.25) is 0 Å². The number of rotatable bonds is 5. The number of nitrogens with two attached hydrogens (primary N) is 1. The average Bonchev–Trinajstić information content (AvgIpc) is 3.07. The number of hydrogen-bond acceptors (Lipinski definition) is 3. The largest absolute Gasteiger partial charge is 0.377 e. The van der Waals surface area contributed by atoms with Crippen molar-refractivity contribution in [2.45, 2.75) is 57.6 Å². The molecule has 3 aliphatic rings. The van der Waals surface area contributed by atoms with Crippen LogP contribution in [0.25, 0.3) is 0 Å². The molecule has 108 valence electrons. The quantitative estimate of drug-likeness (QED) is 0.740. The molecule has 3 fully saturated rings. The Hall–Kier alpha value is -0.610. The van der Waals surface area contributed by atoms with E-state index in [-0.39, 0.29) is 23.3 Å². The first kappa shape index (κ1) is 13.4. The molecule has 1 aliphatic heterocycles. The van der Waals surface area contributed by atoms with Gasteiger partial charge in [0.25, 0.3) is 0 Å². The second-order valence-electron chi connectivity index (χ2n) is 7.12. The van der Waals surface area contributed by atoms with Gasteiger partial charge in [-0.2, -0.15) is 0 Å². The predicted octanol–water partition coefficient (Wildman–Crippen LogP) is 1.44. The molecule has 0 spiro atoms. The summed E-state index contributed by atoms with van der Waals surface area (Å²) in [4.78, 5) is 12.5. The molecule has 3 N–H and O–H groups in total. The van der Waals surface area contributed by atoms with Gasteiger partial charge in [-0.3, -0.25) is 4.79 Å². The second kappa shape index (κ2) is 4.45. The molecule has 3 unspecified atom stereocenters. The van der Waals surface area contributed by atoms with Crippen LogP contribution in [0.5, 0.6) is 0 Å². The topological polar surface area (TPSA) is 64.3 Å². The third-order valence-corrected chi connectivity index (χ3v) is 5.60. The Morgan fingerprint density at radius 2 is 2.11 bits per heavy atom. The normalized spacial score (nSPS) is 39.5. The van der Waals surface area contributed by atoms with Gasteiger partial charge in [0.15, 0.2) is 0 Å². The molecule has 1 amide bonds. The zero-order valence-electron chi connectivity index (χ0n) is 12.1. The number of carbonyl (C=O) groups is 1. The van der Waals surface area contributed by atoms with Crippen LogP contribution in [0.4, 0.5) is 0 Å². The number of fused-ring (bicyclic) bond motifs is 1. The summed E-state index contributed by atoms with van der Waals surface area (Å²) in [5.41, 5.74) is 5.47. The number of nitrogens with one attached hydrogen (secondary N) is 1. The van der Waals surface area contributed by atoms with Crippen LogP contribution in [-0.4, -0.2) is 30.7 Å². The molecule has 2 aliphatic carbocycles. The zero-order chi connectivity index (χ0) is 13.7. The summed E-state index contributed by atoms with van der Waals surface area (Å²) < 4.78 is 5.72. The van der Waals surface area contributed by atoms with E-state index in [1.807, 2.05) is 0 Å². The summed E-state index contributed by atoms with van der Waals surface area (Å²) >= 11 is 0. The van der Waals surface area contributed by atoms with Gasteiger partial charge in [-0.1, -0.05) is 26.7 Å². The molecule has 1 saturated heterocycles. The smallest absolute Gasteiger partial charge is 0.241 e. The molecule has 3 rings (SSSR count). The molecular formula is C15H26N2O2. The highest BCUT2D eigenvalue weighted by molar-refractivity contribution is 5.89. The molecule has 0 aromatic rings. The highest BCUT2D eigenvalue weighted by Crippen LogP contribution is 2.58. The molecule has 2 saturated carbocycles. The lowest BCUT2D eigenvalue weighted by Crippen LogP contribution is -2.80. The van der Waals surface area contributed by atoms with Crippen molar-refractivity contribution in [1.82, 2.24) is 5.32 Å². The molecule has 0 aromatic carbocycles. The van der Waals surface area contributed by atoms with Crippen LogP contribution in [0.1, 0.15) is 46.0 Å². The lowest BCUT2D eigenvalue weighted by atomic mass is 9.48. The Bertz CT molecular complexity index is 378. The van der Waals surface area contributed by atoms with E-state index in [1.54, 1.807) is 0 Å². The Labute approximate surface area is 115 Å². The second-order valence-corrected chi connectivity index (χ2v) is 7.12. The first-order valence-electron chi connectivity index (χ1n) is 7.66. The highest BCUT2D eigenvalue weighted by Gasteiger charge is 2.71. The third kappa shape index (κ3) is 1.91. The van der Waals surface area contributed by atoms with E-state index in [1.165, 1.54) is 19.3 Å². The number of carbonyl (C=O) groups excluding carboxylic acids is 1.